The zero-order chi connectivity index (χ0) is 24.7. The molecule has 0 radical (unpaired) electrons. The van der Waals surface area contributed by atoms with Crippen LogP contribution in [0.3, 0.4) is 0 Å². The zero-order valence-electron chi connectivity index (χ0n) is 19.1. The van der Waals surface area contributed by atoms with E-state index in [0.717, 1.165) is 22.0 Å². The van der Waals surface area contributed by atoms with Crippen molar-refractivity contribution in [1.29, 1.82) is 0 Å². The molecule has 6 nitrogen and oxygen atoms in total. The van der Waals surface area contributed by atoms with Crippen molar-refractivity contribution in [3.8, 4) is 5.69 Å². The largest absolute Gasteiger partial charge is 0.336 e. The van der Waals surface area contributed by atoms with Gasteiger partial charge in [-0.25, -0.2) is 9.69 Å². The Morgan fingerprint density at radius 3 is 2.29 bits per heavy atom. The molecule has 1 aliphatic heterocycles. The van der Waals surface area contributed by atoms with Crippen LogP contribution < -0.4 is 10.2 Å². The molecule has 0 bridgehead atoms. The van der Waals surface area contributed by atoms with E-state index in [2.05, 4.69) is 35.9 Å². The number of hydrogen-bond donors (Lipinski definition) is 1. The van der Waals surface area contributed by atoms with Crippen molar-refractivity contribution < 1.29 is 14.4 Å². The van der Waals surface area contributed by atoms with Gasteiger partial charge in [0.15, 0.2) is 0 Å². The molecule has 174 valence electrons. The van der Waals surface area contributed by atoms with Gasteiger partial charge in [0.05, 0.1) is 15.7 Å². The topological polar surface area (TPSA) is 71.4 Å². The maximum atomic E-state index is 13.3. The van der Waals surface area contributed by atoms with Crippen molar-refractivity contribution in [2.75, 3.05) is 4.90 Å². The van der Waals surface area contributed by atoms with E-state index in [9.17, 15) is 14.4 Å². The third kappa shape index (κ3) is 4.15. The second-order valence-corrected chi connectivity index (χ2v) is 9.22. The Bertz CT molecular complexity index is 1350. The maximum absolute atomic E-state index is 13.3. The number of anilines is 1. The lowest BCUT2D eigenvalue weighted by Gasteiger charge is -2.27. The van der Waals surface area contributed by atoms with Crippen LogP contribution in [-0.4, -0.2) is 22.4 Å². The summed E-state index contributed by atoms with van der Waals surface area (Å²) in [5.41, 5.74) is 4.63. The van der Waals surface area contributed by atoms with Gasteiger partial charge in [0.2, 0.25) is 0 Å². The predicted molar refractivity (Wildman–Crippen MR) is 135 cm³/mol. The highest BCUT2D eigenvalue weighted by atomic mass is 35.5. The van der Waals surface area contributed by atoms with Crippen molar-refractivity contribution in [2.45, 2.75) is 33.6 Å². The highest BCUT2D eigenvalue weighted by Gasteiger charge is 2.38. The molecule has 1 saturated heterocycles. The maximum Gasteiger partial charge on any atom is 0.336 e. The third-order valence-corrected chi connectivity index (χ3v) is 6.67. The molecule has 2 aromatic carbocycles. The van der Waals surface area contributed by atoms with Gasteiger partial charge >= 0.3 is 6.03 Å². The van der Waals surface area contributed by atoms with Gasteiger partial charge in [-0.15, -0.1) is 0 Å². The fourth-order valence-electron chi connectivity index (χ4n) is 4.04. The number of carbonyl (C=O) groups is 3. The van der Waals surface area contributed by atoms with Crippen LogP contribution in [0.4, 0.5) is 10.5 Å². The number of amides is 4. The molecule has 34 heavy (non-hydrogen) atoms. The molecule has 1 aromatic heterocycles. The Kier molecular flexibility index (Phi) is 6.39. The Balaban J connectivity index is 1.75. The number of rotatable bonds is 4. The van der Waals surface area contributed by atoms with Crippen LogP contribution in [0.5, 0.6) is 0 Å². The van der Waals surface area contributed by atoms with Gasteiger partial charge < -0.3 is 4.57 Å². The second kappa shape index (κ2) is 9.12. The summed E-state index contributed by atoms with van der Waals surface area (Å²) in [5.74, 6) is -1.12. The van der Waals surface area contributed by atoms with Crippen molar-refractivity contribution in [3.63, 3.8) is 0 Å². The summed E-state index contributed by atoms with van der Waals surface area (Å²) in [6, 6.07) is 13.9. The summed E-state index contributed by atoms with van der Waals surface area (Å²) in [5, 5.41) is 2.45. The van der Waals surface area contributed by atoms with Crippen LogP contribution in [0.1, 0.15) is 42.3 Å². The molecule has 0 unspecified atom stereocenters. The number of aromatic nitrogens is 1. The average molecular weight is 496 g/mol. The molecule has 4 rings (SSSR count). The number of imide groups is 2. The number of hydrogen-bond acceptors (Lipinski definition) is 3. The highest BCUT2D eigenvalue weighted by molar-refractivity contribution is 6.46. The lowest BCUT2D eigenvalue weighted by atomic mass is 10.0. The van der Waals surface area contributed by atoms with Gasteiger partial charge in [0.25, 0.3) is 11.8 Å². The minimum Gasteiger partial charge on any atom is -0.318 e. The SMILES string of the molecule is Cc1cc(/C=C2\C(=O)NC(=O)N(c3cccc(Cl)c3Cl)C2=O)c(C)n1-c1ccc(C(C)C)cc1. The Hall–Kier alpha value is -3.35. The first-order valence-electron chi connectivity index (χ1n) is 10.7. The Morgan fingerprint density at radius 1 is 0.971 bits per heavy atom. The fraction of sp³-hybridized carbons (Fsp3) is 0.192. The van der Waals surface area contributed by atoms with Crippen LogP contribution in [0.25, 0.3) is 11.8 Å². The van der Waals surface area contributed by atoms with Gasteiger partial charge in [0, 0.05) is 17.1 Å². The number of barbiturate groups is 1. The molecule has 2 heterocycles. The third-order valence-electron chi connectivity index (χ3n) is 5.86. The smallest absolute Gasteiger partial charge is 0.318 e. The number of urea groups is 1. The summed E-state index contributed by atoms with van der Waals surface area (Å²) in [6.07, 6.45) is 1.50. The number of benzene rings is 2. The lowest BCUT2D eigenvalue weighted by molar-refractivity contribution is -0.122. The molecule has 1 fully saturated rings. The number of aryl methyl sites for hydroxylation is 1. The Morgan fingerprint density at radius 2 is 1.65 bits per heavy atom. The molecule has 3 aromatic rings. The lowest BCUT2D eigenvalue weighted by Crippen LogP contribution is -2.54. The van der Waals surface area contributed by atoms with Crippen LogP contribution >= 0.6 is 23.2 Å². The van der Waals surface area contributed by atoms with Gasteiger partial charge in [0.1, 0.15) is 5.57 Å². The summed E-state index contributed by atoms with van der Waals surface area (Å²) in [7, 11) is 0. The Labute approximate surface area is 207 Å². The van der Waals surface area contributed by atoms with Gasteiger partial charge in [-0.3, -0.25) is 14.9 Å². The van der Waals surface area contributed by atoms with Gasteiger partial charge in [-0.2, -0.15) is 0 Å². The molecular weight excluding hydrogens is 473 g/mol. The van der Waals surface area contributed by atoms with Crippen molar-refractivity contribution in [1.82, 2.24) is 9.88 Å². The second-order valence-electron chi connectivity index (χ2n) is 8.44. The molecule has 0 atom stereocenters. The van der Waals surface area contributed by atoms with Crippen LogP contribution in [0, 0.1) is 13.8 Å². The van der Waals surface area contributed by atoms with E-state index in [0.29, 0.717) is 11.5 Å². The molecule has 8 heteroatoms. The van der Waals surface area contributed by atoms with E-state index in [4.69, 9.17) is 23.2 Å². The van der Waals surface area contributed by atoms with E-state index >= 15 is 0 Å². The van der Waals surface area contributed by atoms with E-state index < -0.39 is 17.8 Å². The summed E-state index contributed by atoms with van der Waals surface area (Å²) < 4.78 is 2.05. The molecule has 1 N–H and O–H groups in total. The summed E-state index contributed by atoms with van der Waals surface area (Å²) in [4.78, 5) is 39.2. The monoisotopic (exact) mass is 495 g/mol. The minimum absolute atomic E-state index is 0.0457. The molecule has 0 aliphatic carbocycles. The van der Waals surface area contributed by atoms with Crippen LogP contribution in [-0.2, 0) is 9.59 Å². The van der Waals surface area contributed by atoms with E-state index in [1.54, 1.807) is 12.1 Å². The number of nitrogens with zero attached hydrogens (tertiary/aromatic N) is 2. The fourth-order valence-corrected chi connectivity index (χ4v) is 4.42. The van der Waals surface area contributed by atoms with Crippen LogP contribution in [0.2, 0.25) is 10.0 Å². The molecule has 0 saturated carbocycles. The molecule has 1 aliphatic rings. The first-order chi connectivity index (χ1) is 16.1. The van der Waals surface area contributed by atoms with Crippen molar-refractivity contribution in [3.05, 3.63) is 86.7 Å². The van der Waals surface area contributed by atoms with E-state index in [1.165, 1.54) is 17.7 Å². The predicted octanol–water partition coefficient (Wildman–Crippen LogP) is 6.19. The zero-order valence-corrected chi connectivity index (χ0v) is 20.7. The summed E-state index contributed by atoms with van der Waals surface area (Å²) in [6.45, 7) is 8.15. The van der Waals surface area contributed by atoms with Crippen LogP contribution in [0.15, 0.2) is 54.1 Å². The minimum atomic E-state index is -0.882. The average Bonchev–Trinajstić information content (AvgIpc) is 3.06. The first kappa shape index (κ1) is 23.8. The van der Waals surface area contributed by atoms with Crippen molar-refractivity contribution in [2.24, 2.45) is 0 Å². The normalized spacial score (nSPS) is 15.4. The highest BCUT2D eigenvalue weighted by Crippen LogP contribution is 2.34. The van der Waals surface area contributed by atoms with E-state index in [1.807, 2.05) is 32.0 Å². The van der Waals surface area contributed by atoms with Gasteiger partial charge in [-0.05, 0) is 67.3 Å². The molecule has 4 amide bonds. The standard InChI is InChI=1S/C26H23Cl2N3O3/c1-14(2)17-8-10-19(11-9-17)30-15(3)12-18(16(30)4)13-20-24(32)29-26(34)31(25(20)33)22-7-5-6-21(27)23(22)28/h5-14H,1-4H3,(H,29,32,34)/b20-13+. The summed E-state index contributed by atoms with van der Waals surface area (Å²) >= 11 is 12.3. The number of carbonyl (C=O) groups excluding carboxylic acids is 3. The van der Waals surface area contributed by atoms with Gasteiger partial charge in [-0.1, -0.05) is 55.2 Å². The molecular formula is C26H23Cl2N3O3. The van der Waals surface area contributed by atoms with E-state index in [-0.39, 0.29) is 21.3 Å². The number of nitrogens with one attached hydrogen (secondary N) is 1. The van der Waals surface area contributed by atoms with Crippen molar-refractivity contribution >= 4 is 52.8 Å². The first-order valence-corrected chi connectivity index (χ1v) is 11.5. The quantitative estimate of drug-likeness (QED) is 0.346. The number of halogens is 2. The molecule has 0 spiro atoms.